The third kappa shape index (κ3) is 11.0. The number of carbonyl (C=O) groups excluding carboxylic acids is 4. The Morgan fingerprint density at radius 2 is 1.16 bits per heavy atom. The molecule has 0 aromatic heterocycles. The average Bonchev–Trinajstić information content (AvgIpc) is 3.88. The Labute approximate surface area is 433 Å². The van der Waals surface area contributed by atoms with E-state index in [4.69, 9.17) is 4.74 Å². The number of nitrogens with one attached hydrogen (secondary N) is 2. The minimum Gasteiger partial charge on any atom is -0.392 e. The Morgan fingerprint density at radius 3 is 1.74 bits per heavy atom. The quantitative estimate of drug-likeness (QED) is 0.0513. The molecule has 8 aliphatic rings. The molecular formula is C60H92N2O6S2. The number of rotatable bonds is 23. The molecule has 6 saturated carbocycles. The molecule has 8 aliphatic carbocycles. The van der Waals surface area contributed by atoms with Crippen LogP contribution in [-0.4, -0.2) is 71.9 Å². The third-order valence-corrected chi connectivity index (χ3v) is 22.1. The van der Waals surface area contributed by atoms with Crippen molar-refractivity contribution in [2.45, 2.75) is 188 Å². The van der Waals surface area contributed by atoms with Crippen molar-refractivity contribution in [2.24, 2.45) is 80.8 Å². The number of allylic oxidation sites excluding steroid dienone is 6. The van der Waals surface area contributed by atoms with Gasteiger partial charge in [0.05, 0.1) is 18.8 Å². The molecule has 70 heavy (non-hydrogen) atoms. The maximum absolute atomic E-state index is 13.7. The summed E-state index contributed by atoms with van der Waals surface area (Å²) in [4.78, 5) is 52.4. The van der Waals surface area contributed by atoms with Crippen LogP contribution in [0.25, 0.3) is 0 Å². The van der Waals surface area contributed by atoms with E-state index in [9.17, 15) is 24.3 Å². The smallest absolute Gasteiger partial charge is 0.220 e. The van der Waals surface area contributed by atoms with E-state index < -0.39 is 6.10 Å². The van der Waals surface area contributed by atoms with Crippen LogP contribution >= 0.6 is 25.3 Å². The molecule has 0 aromatic carbocycles. The number of aliphatic hydroxyl groups is 1. The number of aliphatic hydroxyl groups excluding tert-OH is 1. The molecule has 8 unspecified atom stereocenters. The number of thiol groups is 2. The Kier molecular flexibility index (Phi) is 17.9. The Bertz CT molecular complexity index is 2020. The molecule has 0 aliphatic heterocycles. The fourth-order valence-corrected chi connectivity index (χ4v) is 18.1. The fraction of sp³-hybridized carbons (Fsp3) is 0.800. The molecule has 3 N–H and O–H groups in total. The van der Waals surface area contributed by atoms with Crippen LogP contribution in [-0.2, 0) is 23.9 Å². The molecule has 8 nitrogen and oxygen atoms in total. The zero-order chi connectivity index (χ0) is 49.8. The number of unbranched alkanes of at least 4 members (excludes halogenated alkanes) is 6. The van der Waals surface area contributed by atoms with Gasteiger partial charge in [-0.3, -0.25) is 19.2 Å². The molecule has 2 amide bonds. The van der Waals surface area contributed by atoms with E-state index in [2.05, 4.69) is 82.7 Å². The van der Waals surface area contributed by atoms with Gasteiger partial charge in [0.1, 0.15) is 0 Å². The monoisotopic (exact) mass is 1000 g/mol. The second kappa shape index (κ2) is 23.2. The van der Waals surface area contributed by atoms with E-state index in [1.165, 1.54) is 24.8 Å². The Morgan fingerprint density at radius 1 is 0.657 bits per heavy atom. The molecular weight excluding hydrogens is 909 g/mol. The van der Waals surface area contributed by atoms with Crippen LogP contribution in [0.5, 0.6) is 0 Å². The number of fused-ring (bicyclic) bond motifs is 10. The molecule has 0 bridgehead atoms. The maximum atomic E-state index is 13.7. The second-order valence-electron chi connectivity index (χ2n) is 25.1. The van der Waals surface area contributed by atoms with E-state index in [-0.39, 0.29) is 63.0 Å². The Hall–Kier alpha value is -2.14. The summed E-state index contributed by atoms with van der Waals surface area (Å²) < 4.78 is 7.60. The van der Waals surface area contributed by atoms with Gasteiger partial charge in [0.2, 0.25) is 11.8 Å². The summed E-state index contributed by atoms with van der Waals surface area (Å²) in [7, 11) is 0. The standard InChI is InChI=1S/C60H92N2O6S2/c1-39(14-20-53(66)61-30-10-6-8-12-32-69)45-16-18-48-56-50(25-28-59(45,48)4)58(3)27-23-44(64)35-42(58)37-52(56)68-38-40(15-21-54(67)62-31-11-7-9-13-33-70)46-17-19-47-55-49(24-29-60(46,47)5)57(2)26-22-43(63)34-41(57)36-51(55)65/h22-23,26-27,34-35,39-40,45-52,55-56,65,69-70H,6-21,24-25,28-33,36-38H2,1-5H3,(H,61,66)(H,62,67)/t39-,40+,45?,46?,47?,48?,49?,50?,51-,52-,55?,56?,57+,58+,59-,60-/m1/s1. The van der Waals surface area contributed by atoms with Gasteiger partial charge in [-0.1, -0.05) is 83.6 Å². The number of ketones is 2. The SMILES string of the molecule is C[C@H](CCC(=O)NCCCCCCS)C1CCC2C3C(CC[C@@]21C)[C@@]1(C)C=CC(=O)C=C1C[C@H]3OC[C@H](CCC(=O)NCCCCCCS)C1CCC2C3C(CC[C@@]21C)[C@@]1(C)C=CC(=O)C=C1C[C@H]3O. The van der Waals surface area contributed by atoms with Crippen molar-refractivity contribution >= 4 is 48.6 Å². The van der Waals surface area contributed by atoms with Gasteiger partial charge in [0, 0.05) is 36.8 Å². The van der Waals surface area contributed by atoms with E-state index >= 15 is 0 Å². The van der Waals surface area contributed by atoms with Gasteiger partial charge in [-0.15, -0.1) is 0 Å². The van der Waals surface area contributed by atoms with Crippen LogP contribution in [0, 0.1) is 80.8 Å². The lowest BCUT2D eigenvalue weighted by molar-refractivity contribution is -0.139. The van der Waals surface area contributed by atoms with Gasteiger partial charge in [0.15, 0.2) is 11.6 Å². The highest BCUT2D eigenvalue weighted by atomic mass is 32.1. The summed E-state index contributed by atoms with van der Waals surface area (Å²) in [5.74, 6) is 5.88. The van der Waals surface area contributed by atoms with Crippen LogP contribution in [0.2, 0.25) is 0 Å². The molecule has 0 spiro atoms. The predicted octanol–water partition coefficient (Wildman–Crippen LogP) is 11.8. The van der Waals surface area contributed by atoms with Gasteiger partial charge in [-0.25, -0.2) is 0 Å². The van der Waals surface area contributed by atoms with E-state index in [0.29, 0.717) is 79.8 Å². The molecule has 10 heteroatoms. The molecule has 0 heterocycles. The fourth-order valence-electron chi connectivity index (χ4n) is 17.6. The minimum atomic E-state index is -0.465. The molecule has 0 saturated heterocycles. The largest absolute Gasteiger partial charge is 0.392 e. The van der Waals surface area contributed by atoms with Gasteiger partial charge in [-0.05, 0) is 209 Å². The van der Waals surface area contributed by atoms with Crippen LogP contribution in [0.1, 0.15) is 176 Å². The first-order chi connectivity index (χ1) is 33.6. The summed E-state index contributed by atoms with van der Waals surface area (Å²) in [5, 5.41) is 18.5. The van der Waals surface area contributed by atoms with E-state index in [0.717, 1.165) is 126 Å². The van der Waals surface area contributed by atoms with Crippen molar-refractivity contribution in [3.63, 3.8) is 0 Å². The van der Waals surface area contributed by atoms with E-state index in [1.54, 1.807) is 12.2 Å². The van der Waals surface area contributed by atoms with Crippen LogP contribution in [0.15, 0.2) is 47.6 Å². The van der Waals surface area contributed by atoms with Crippen LogP contribution in [0.3, 0.4) is 0 Å². The van der Waals surface area contributed by atoms with Crippen LogP contribution < -0.4 is 10.6 Å². The Balaban J connectivity index is 1.01. The van der Waals surface area contributed by atoms with Crippen molar-refractivity contribution in [3.8, 4) is 0 Å². The maximum Gasteiger partial charge on any atom is 0.220 e. The topological polar surface area (TPSA) is 122 Å². The highest BCUT2D eigenvalue weighted by Gasteiger charge is 2.64. The number of carbonyl (C=O) groups is 4. The number of ether oxygens (including phenoxy) is 1. The summed E-state index contributed by atoms with van der Waals surface area (Å²) in [6.45, 7) is 14.3. The number of hydrogen-bond donors (Lipinski definition) is 5. The van der Waals surface area contributed by atoms with Crippen molar-refractivity contribution in [2.75, 3.05) is 31.2 Å². The zero-order valence-electron chi connectivity index (χ0n) is 43.9. The van der Waals surface area contributed by atoms with Gasteiger partial charge in [-0.2, -0.15) is 25.3 Å². The third-order valence-electron chi connectivity index (χ3n) is 21.4. The number of hydrogen-bond acceptors (Lipinski definition) is 8. The van der Waals surface area contributed by atoms with Gasteiger partial charge in [0.25, 0.3) is 0 Å². The summed E-state index contributed by atoms with van der Waals surface area (Å²) in [5.41, 5.74) is 2.12. The summed E-state index contributed by atoms with van der Waals surface area (Å²) >= 11 is 8.70. The van der Waals surface area contributed by atoms with Crippen molar-refractivity contribution in [1.29, 1.82) is 0 Å². The average molecular weight is 1000 g/mol. The molecule has 0 aromatic rings. The van der Waals surface area contributed by atoms with Crippen molar-refractivity contribution in [1.82, 2.24) is 10.6 Å². The van der Waals surface area contributed by atoms with Gasteiger partial charge >= 0.3 is 0 Å². The molecule has 8 rings (SSSR count). The molecule has 0 radical (unpaired) electrons. The molecule has 16 atom stereocenters. The van der Waals surface area contributed by atoms with Crippen molar-refractivity contribution < 1.29 is 29.0 Å². The van der Waals surface area contributed by atoms with E-state index in [1.807, 2.05) is 12.2 Å². The lowest BCUT2D eigenvalue weighted by atomic mass is 9.46. The minimum absolute atomic E-state index is 0.00339. The second-order valence-corrected chi connectivity index (χ2v) is 25.9. The normalized spacial score (nSPS) is 39.1. The summed E-state index contributed by atoms with van der Waals surface area (Å²) in [6, 6.07) is 0. The lowest BCUT2D eigenvalue weighted by Gasteiger charge is -2.60. The molecule has 6 fully saturated rings. The first kappa shape index (κ1) is 54.1. The first-order valence-corrected chi connectivity index (χ1v) is 29.8. The zero-order valence-corrected chi connectivity index (χ0v) is 45.7. The summed E-state index contributed by atoms with van der Waals surface area (Å²) in [6.07, 6.45) is 33.0. The lowest BCUT2D eigenvalue weighted by Crippen LogP contribution is -2.56. The predicted molar refractivity (Wildman–Crippen MR) is 289 cm³/mol. The first-order valence-electron chi connectivity index (χ1n) is 28.5. The highest BCUT2D eigenvalue weighted by molar-refractivity contribution is 7.80. The van der Waals surface area contributed by atoms with Gasteiger partial charge < -0.3 is 20.5 Å². The van der Waals surface area contributed by atoms with Crippen LogP contribution in [0.4, 0.5) is 0 Å². The van der Waals surface area contributed by atoms with Crippen molar-refractivity contribution in [3.05, 3.63) is 47.6 Å². The highest BCUT2D eigenvalue weighted by Crippen LogP contribution is 2.69. The molecule has 390 valence electrons. The number of amides is 2.